The number of thioether (sulfide) groups is 1. The fourth-order valence-corrected chi connectivity index (χ4v) is 4.58. The Morgan fingerprint density at radius 3 is 2.80 bits per heavy atom. The first kappa shape index (κ1) is 17.7. The van der Waals surface area contributed by atoms with E-state index >= 15 is 0 Å². The van der Waals surface area contributed by atoms with Crippen LogP contribution < -0.4 is 5.32 Å². The molecule has 0 bridgehead atoms. The van der Waals surface area contributed by atoms with E-state index in [0.717, 1.165) is 0 Å². The van der Waals surface area contributed by atoms with E-state index in [1.54, 1.807) is 4.90 Å². The summed E-state index contributed by atoms with van der Waals surface area (Å²) in [4.78, 5) is 38.5. The van der Waals surface area contributed by atoms with E-state index in [2.05, 4.69) is 5.32 Å². The molecule has 2 fully saturated rings. The van der Waals surface area contributed by atoms with Crippen molar-refractivity contribution in [1.82, 2.24) is 15.1 Å². The molecule has 3 rings (SSSR count). The van der Waals surface area contributed by atoms with Gasteiger partial charge in [0, 0.05) is 24.4 Å². The number of carbonyl (C=O) groups is 3. The molecule has 0 aromatic carbocycles. The molecule has 4 N–H and O–H groups in total. The first-order chi connectivity index (χ1) is 11.8. The highest BCUT2D eigenvalue weighted by molar-refractivity contribution is 8.03. The summed E-state index contributed by atoms with van der Waals surface area (Å²) in [6.07, 6.45) is -0.445. The maximum atomic E-state index is 12.1. The summed E-state index contributed by atoms with van der Waals surface area (Å²) >= 11 is 1.21. The van der Waals surface area contributed by atoms with Gasteiger partial charge < -0.3 is 25.3 Å². The van der Waals surface area contributed by atoms with Crippen LogP contribution in [0.5, 0.6) is 0 Å². The number of carboxylic acid groups (broad SMARTS) is 1. The molecule has 0 aromatic rings. The van der Waals surface area contributed by atoms with Gasteiger partial charge in [0.25, 0.3) is 0 Å². The maximum Gasteiger partial charge on any atom is 0.353 e. The van der Waals surface area contributed by atoms with E-state index in [0.29, 0.717) is 24.4 Å². The molecular weight excluding hydrogens is 348 g/mol. The van der Waals surface area contributed by atoms with Crippen LogP contribution in [-0.2, 0) is 14.4 Å². The summed E-state index contributed by atoms with van der Waals surface area (Å²) in [5.41, 5.74) is -0.0407. The molecule has 0 aromatic heterocycles. The lowest BCUT2D eigenvalue weighted by molar-refractivity contribution is -0.161. The number of carboxylic acids is 1. The van der Waals surface area contributed by atoms with Crippen LogP contribution in [0.2, 0.25) is 0 Å². The smallest absolute Gasteiger partial charge is 0.353 e. The molecular formula is C15H20N4O5S. The van der Waals surface area contributed by atoms with Crippen molar-refractivity contribution in [3.8, 4) is 0 Å². The number of nitrogens with zero attached hydrogens (tertiary/aromatic N) is 2. The van der Waals surface area contributed by atoms with Crippen molar-refractivity contribution in [2.75, 3.05) is 25.4 Å². The van der Waals surface area contributed by atoms with Gasteiger partial charge in [0.2, 0.25) is 11.8 Å². The average Bonchev–Trinajstić information content (AvgIpc) is 2.86. The van der Waals surface area contributed by atoms with Crippen LogP contribution in [0.4, 0.5) is 0 Å². The monoisotopic (exact) mass is 368 g/mol. The second-order valence-corrected chi connectivity index (χ2v) is 7.40. The Hall–Kier alpha value is -2.07. The molecule has 9 nitrogen and oxygen atoms in total. The minimum absolute atomic E-state index is 0.0407. The zero-order valence-electron chi connectivity index (χ0n) is 13.7. The van der Waals surface area contributed by atoms with Gasteiger partial charge in [0.05, 0.1) is 30.4 Å². The predicted octanol–water partition coefficient (Wildman–Crippen LogP) is -0.964. The van der Waals surface area contributed by atoms with E-state index in [-0.39, 0.29) is 41.7 Å². The lowest BCUT2D eigenvalue weighted by atomic mass is 9.83. The van der Waals surface area contributed by atoms with Gasteiger partial charge in [0.15, 0.2) is 0 Å². The van der Waals surface area contributed by atoms with Crippen LogP contribution >= 0.6 is 11.8 Å². The van der Waals surface area contributed by atoms with Crippen molar-refractivity contribution in [2.24, 2.45) is 5.92 Å². The number of aliphatic carboxylic acids is 1. The molecule has 2 amide bonds. The van der Waals surface area contributed by atoms with Gasteiger partial charge in [-0.2, -0.15) is 0 Å². The number of aliphatic hydroxyl groups is 1. The van der Waals surface area contributed by atoms with Crippen LogP contribution in [0.1, 0.15) is 13.3 Å². The number of hydrogen-bond acceptors (Lipinski definition) is 6. The number of hydrogen-bond donors (Lipinski definition) is 4. The zero-order chi connectivity index (χ0) is 18.3. The first-order valence-electron chi connectivity index (χ1n) is 8.00. The number of β-lactam (4-membered cyclic amide) rings is 1. The maximum absolute atomic E-state index is 12.1. The molecule has 0 aliphatic carbocycles. The van der Waals surface area contributed by atoms with Gasteiger partial charge in [-0.05, 0) is 6.92 Å². The average molecular weight is 368 g/mol. The van der Waals surface area contributed by atoms with E-state index in [4.69, 9.17) is 5.41 Å². The second-order valence-electron chi connectivity index (χ2n) is 6.33. The van der Waals surface area contributed by atoms with E-state index in [9.17, 15) is 24.6 Å². The molecule has 0 spiro atoms. The lowest BCUT2D eigenvalue weighted by Gasteiger charge is -2.44. The molecule has 3 aliphatic heterocycles. The van der Waals surface area contributed by atoms with Crippen molar-refractivity contribution in [2.45, 2.75) is 25.5 Å². The number of amides is 2. The van der Waals surface area contributed by atoms with Crippen LogP contribution in [0.25, 0.3) is 0 Å². The molecule has 2 saturated heterocycles. The van der Waals surface area contributed by atoms with Crippen LogP contribution in [-0.4, -0.2) is 81.2 Å². The minimum atomic E-state index is -1.17. The Morgan fingerprint density at radius 1 is 1.48 bits per heavy atom. The van der Waals surface area contributed by atoms with Gasteiger partial charge in [-0.15, -0.1) is 11.8 Å². The number of piperazine rings is 1. The quantitative estimate of drug-likeness (QED) is 0.279. The van der Waals surface area contributed by atoms with Crippen molar-refractivity contribution in [1.29, 1.82) is 5.41 Å². The molecule has 3 aliphatic rings. The van der Waals surface area contributed by atoms with Crippen molar-refractivity contribution in [3.05, 3.63) is 10.6 Å². The van der Waals surface area contributed by atoms with E-state index < -0.39 is 18.0 Å². The zero-order valence-corrected chi connectivity index (χ0v) is 14.5. The highest BCUT2D eigenvalue weighted by atomic mass is 32.2. The first-order valence-corrected chi connectivity index (χ1v) is 8.99. The summed E-state index contributed by atoms with van der Waals surface area (Å²) in [5.74, 6) is -1.76. The van der Waals surface area contributed by atoms with Crippen molar-refractivity contribution >= 4 is 35.4 Å². The third-order valence-corrected chi connectivity index (χ3v) is 5.82. The highest BCUT2D eigenvalue weighted by Gasteiger charge is 2.56. The summed E-state index contributed by atoms with van der Waals surface area (Å²) in [7, 11) is 0. The molecule has 0 unspecified atom stereocenters. The van der Waals surface area contributed by atoms with Crippen molar-refractivity contribution in [3.63, 3.8) is 0 Å². The number of nitrogens with one attached hydrogen (secondary N) is 2. The Labute approximate surface area is 148 Å². The minimum Gasteiger partial charge on any atom is -0.477 e. The van der Waals surface area contributed by atoms with Crippen LogP contribution in [0, 0.1) is 11.3 Å². The van der Waals surface area contributed by atoms with E-state index in [1.165, 1.54) is 23.6 Å². The number of fused-ring (bicyclic) bond motifs is 1. The predicted molar refractivity (Wildman–Crippen MR) is 89.9 cm³/mol. The Balaban J connectivity index is 1.67. The lowest BCUT2D eigenvalue weighted by Crippen LogP contribution is -2.61. The third-order valence-electron chi connectivity index (χ3n) is 4.69. The van der Waals surface area contributed by atoms with Gasteiger partial charge >= 0.3 is 5.97 Å². The van der Waals surface area contributed by atoms with Gasteiger partial charge in [0.1, 0.15) is 11.5 Å². The molecule has 3 heterocycles. The molecule has 0 radical (unpaired) electrons. The van der Waals surface area contributed by atoms with Gasteiger partial charge in [-0.25, -0.2) is 4.79 Å². The van der Waals surface area contributed by atoms with E-state index in [1.807, 2.05) is 0 Å². The van der Waals surface area contributed by atoms with Crippen LogP contribution in [0.3, 0.4) is 0 Å². The fraction of sp³-hybridized carbons (Fsp3) is 0.600. The number of rotatable bonds is 5. The number of carbonyl (C=O) groups excluding carboxylic acids is 2. The molecule has 3 atom stereocenters. The Bertz CT molecular complexity index is 677. The summed E-state index contributed by atoms with van der Waals surface area (Å²) in [6.45, 7) is 2.69. The second kappa shape index (κ2) is 6.68. The molecule has 25 heavy (non-hydrogen) atoms. The SMILES string of the molecule is C[C@@H](O)[C@H]1C(=O)N2C(C(=O)O)=C(SCC(=N)N3CCNC(=O)C3)C[C@H]12. The van der Waals surface area contributed by atoms with Crippen molar-refractivity contribution < 1.29 is 24.6 Å². The summed E-state index contributed by atoms with van der Waals surface area (Å²) < 4.78 is 0. The fourth-order valence-electron chi connectivity index (χ4n) is 3.48. The Morgan fingerprint density at radius 2 is 2.20 bits per heavy atom. The summed E-state index contributed by atoms with van der Waals surface area (Å²) in [5, 5.41) is 30.0. The van der Waals surface area contributed by atoms with Crippen LogP contribution in [0.15, 0.2) is 10.6 Å². The molecule has 0 saturated carbocycles. The highest BCUT2D eigenvalue weighted by Crippen LogP contribution is 2.46. The van der Waals surface area contributed by atoms with Gasteiger partial charge in [-0.3, -0.25) is 15.0 Å². The number of amidine groups is 1. The van der Waals surface area contributed by atoms with Gasteiger partial charge in [-0.1, -0.05) is 0 Å². The number of aliphatic hydroxyl groups excluding tert-OH is 1. The molecule has 136 valence electrons. The third kappa shape index (κ3) is 3.11. The summed E-state index contributed by atoms with van der Waals surface area (Å²) in [6, 6.07) is -0.323. The Kier molecular flexibility index (Phi) is 4.74. The molecule has 10 heteroatoms. The largest absolute Gasteiger partial charge is 0.477 e. The standard InChI is InChI=1S/C15H20N4O5S/c1-7(20)12-8-4-9(13(15(23)24)19(8)14(12)22)25-6-10(16)18-3-2-17-11(21)5-18/h7-8,12,16,20H,2-6H2,1H3,(H,17,21)(H,23,24)/t7-,8-,12-/m1/s1. The normalized spacial score (nSPS) is 27.0. The topological polar surface area (TPSA) is 134 Å².